The average molecular weight is 331 g/mol. The second-order valence-electron chi connectivity index (χ2n) is 6.97. The molecule has 2 heterocycles. The van der Waals surface area contributed by atoms with Crippen LogP contribution in [0.15, 0.2) is 29.3 Å². The van der Waals surface area contributed by atoms with E-state index in [1.807, 2.05) is 13.0 Å². The Kier molecular flexibility index (Phi) is 5.39. The van der Waals surface area contributed by atoms with Crippen molar-refractivity contribution >= 4 is 11.6 Å². The number of amides is 1. The van der Waals surface area contributed by atoms with Gasteiger partial charge in [-0.2, -0.15) is 0 Å². The average Bonchev–Trinajstić information content (AvgIpc) is 2.52. The van der Waals surface area contributed by atoms with E-state index >= 15 is 0 Å². The SMILES string of the molecule is Cc1cccn2c(=O)c(C(=O)NCC(C)(O)CCC(C)C)cnc12. The zero-order chi connectivity index (χ0) is 17.9. The van der Waals surface area contributed by atoms with Crippen molar-refractivity contribution in [3.8, 4) is 0 Å². The fourth-order valence-electron chi connectivity index (χ4n) is 2.46. The van der Waals surface area contributed by atoms with Crippen LogP contribution in [0.5, 0.6) is 0 Å². The molecule has 0 bridgehead atoms. The lowest BCUT2D eigenvalue weighted by Gasteiger charge is -2.24. The van der Waals surface area contributed by atoms with E-state index in [1.165, 1.54) is 10.6 Å². The van der Waals surface area contributed by atoms with Gasteiger partial charge in [0.15, 0.2) is 0 Å². The Hall–Kier alpha value is -2.21. The number of nitrogens with zero attached hydrogens (tertiary/aromatic N) is 2. The van der Waals surface area contributed by atoms with Crippen molar-refractivity contribution in [2.75, 3.05) is 6.54 Å². The second kappa shape index (κ2) is 7.13. The van der Waals surface area contributed by atoms with E-state index in [9.17, 15) is 14.7 Å². The molecule has 1 atom stereocenters. The number of pyridine rings is 1. The Morgan fingerprint density at radius 1 is 1.46 bits per heavy atom. The van der Waals surface area contributed by atoms with E-state index in [-0.39, 0.29) is 12.1 Å². The van der Waals surface area contributed by atoms with Crippen LogP contribution >= 0.6 is 0 Å². The van der Waals surface area contributed by atoms with Crippen LogP contribution in [0.3, 0.4) is 0 Å². The van der Waals surface area contributed by atoms with Crippen molar-refractivity contribution in [1.29, 1.82) is 0 Å². The van der Waals surface area contributed by atoms with Gasteiger partial charge in [0.05, 0.1) is 5.60 Å². The van der Waals surface area contributed by atoms with Crippen molar-refractivity contribution in [1.82, 2.24) is 14.7 Å². The van der Waals surface area contributed by atoms with Gasteiger partial charge in [-0.15, -0.1) is 0 Å². The van der Waals surface area contributed by atoms with Gasteiger partial charge in [-0.25, -0.2) is 4.98 Å². The summed E-state index contributed by atoms with van der Waals surface area (Å²) in [7, 11) is 0. The molecular formula is C18H25N3O3. The van der Waals surface area contributed by atoms with Crippen molar-refractivity contribution in [3.63, 3.8) is 0 Å². The Balaban J connectivity index is 2.15. The van der Waals surface area contributed by atoms with Crippen LogP contribution < -0.4 is 10.9 Å². The molecule has 0 aliphatic heterocycles. The van der Waals surface area contributed by atoms with Crippen molar-refractivity contribution in [2.45, 2.75) is 46.1 Å². The molecule has 6 heteroatoms. The molecule has 0 fully saturated rings. The smallest absolute Gasteiger partial charge is 0.270 e. The number of rotatable bonds is 6. The fraction of sp³-hybridized carbons (Fsp3) is 0.500. The quantitative estimate of drug-likeness (QED) is 0.847. The Morgan fingerprint density at radius 2 is 2.17 bits per heavy atom. The summed E-state index contributed by atoms with van der Waals surface area (Å²) in [6.07, 6.45) is 4.33. The highest BCUT2D eigenvalue weighted by atomic mass is 16.3. The van der Waals surface area contributed by atoms with Gasteiger partial charge < -0.3 is 10.4 Å². The highest BCUT2D eigenvalue weighted by molar-refractivity contribution is 5.93. The largest absolute Gasteiger partial charge is 0.388 e. The van der Waals surface area contributed by atoms with Crippen molar-refractivity contribution in [2.24, 2.45) is 5.92 Å². The van der Waals surface area contributed by atoms with Gasteiger partial charge in [-0.1, -0.05) is 19.9 Å². The minimum atomic E-state index is -1.00. The van der Waals surface area contributed by atoms with E-state index in [2.05, 4.69) is 24.1 Å². The maximum atomic E-state index is 12.5. The zero-order valence-electron chi connectivity index (χ0n) is 14.7. The van der Waals surface area contributed by atoms with E-state index < -0.39 is 17.1 Å². The van der Waals surface area contributed by atoms with E-state index in [1.54, 1.807) is 19.2 Å². The predicted octanol–water partition coefficient (Wildman–Crippen LogP) is 1.92. The number of fused-ring (bicyclic) bond motifs is 1. The third-order valence-corrected chi connectivity index (χ3v) is 4.06. The maximum Gasteiger partial charge on any atom is 0.270 e. The number of nitrogens with one attached hydrogen (secondary N) is 1. The fourth-order valence-corrected chi connectivity index (χ4v) is 2.46. The molecule has 2 rings (SSSR count). The third kappa shape index (κ3) is 4.20. The summed E-state index contributed by atoms with van der Waals surface area (Å²) < 4.78 is 1.36. The van der Waals surface area contributed by atoms with Crippen LogP contribution in [0.4, 0.5) is 0 Å². The second-order valence-corrected chi connectivity index (χ2v) is 6.97. The number of aryl methyl sites for hydroxylation is 1. The number of carbonyl (C=O) groups excluding carboxylic acids is 1. The van der Waals surface area contributed by atoms with Gasteiger partial charge in [0.25, 0.3) is 11.5 Å². The molecule has 2 aromatic rings. The zero-order valence-corrected chi connectivity index (χ0v) is 14.7. The van der Waals surface area contributed by atoms with Crippen molar-refractivity contribution < 1.29 is 9.90 Å². The lowest BCUT2D eigenvalue weighted by molar-refractivity contribution is 0.0429. The summed E-state index contributed by atoms with van der Waals surface area (Å²) in [6, 6.07) is 3.59. The number of hydrogen-bond acceptors (Lipinski definition) is 4. The summed E-state index contributed by atoms with van der Waals surface area (Å²) in [5, 5.41) is 13.0. The first-order chi connectivity index (χ1) is 11.2. The lowest BCUT2D eigenvalue weighted by atomic mass is 9.95. The summed E-state index contributed by atoms with van der Waals surface area (Å²) in [6.45, 7) is 7.79. The molecule has 1 amide bonds. The summed E-state index contributed by atoms with van der Waals surface area (Å²) in [5.41, 5.74) is -0.0568. The topological polar surface area (TPSA) is 83.7 Å². The standard InChI is InChI=1S/C18H25N3O3/c1-12(2)7-8-18(4,24)11-20-16(22)14-10-19-15-13(3)6-5-9-21(15)17(14)23/h5-6,9-10,12,24H,7-8,11H2,1-4H3,(H,20,22). The molecule has 0 radical (unpaired) electrons. The molecule has 0 aromatic carbocycles. The van der Waals surface area contributed by atoms with Crippen LogP contribution in [0.2, 0.25) is 0 Å². The molecular weight excluding hydrogens is 306 g/mol. The Morgan fingerprint density at radius 3 is 2.83 bits per heavy atom. The Bertz CT molecular complexity index is 794. The van der Waals surface area contributed by atoms with Gasteiger partial charge in [0.1, 0.15) is 11.2 Å². The Labute approximate surface area is 141 Å². The maximum absolute atomic E-state index is 12.5. The molecule has 0 saturated heterocycles. The summed E-state index contributed by atoms with van der Waals surface area (Å²) >= 11 is 0. The van der Waals surface area contributed by atoms with Crippen LogP contribution in [-0.2, 0) is 0 Å². The molecule has 2 N–H and O–H groups in total. The van der Waals surface area contributed by atoms with Crippen molar-refractivity contribution in [3.05, 3.63) is 46.0 Å². The minimum absolute atomic E-state index is 0.0299. The number of carbonyl (C=O) groups is 1. The number of aliphatic hydroxyl groups is 1. The van der Waals surface area contributed by atoms with Gasteiger partial charge in [0.2, 0.25) is 0 Å². The summed E-state index contributed by atoms with van der Waals surface area (Å²) in [5.74, 6) is -0.0435. The molecule has 0 aliphatic carbocycles. The molecule has 0 aliphatic rings. The van der Waals surface area contributed by atoms with Gasteiger partial charge in [-0.3, -0.25) is 14.0 Å². The molecule has 1 unspecified atom stereocenters. The highest BCUT2D eigenvalue weighted by Crippen LogP contribution is 2.15. The first kappa shape index (κ1) is 18.1. The van der Waals surface area contributed by atoms with E-state index in [4.69, 9.17) is 0 Å². The van der Waals surface area contributed by atoms with Crippen LogP contribution in [0.1, 0.15) is 49.5 Å². The molecule has 130 valence electrons. The minimum Gasteiger partial charge on any atom is -0.388 e. The predicted molar refractivity (Wildman–Crippen MR) is 93.2 cm³/mol. The van der Waals surface area contributed by atoms with Gasteiger partial charge in [-0.05, 0) is 44.2 Å². The first-order valence-corrected chi connectivity index (χ1v) is 8.19. The highest BCUT2D eigenvalue weighted by Gasteiger charge is 2.23. The van der Waals surface area contributed by atoms with E-state index in [0.29, 0.717) is 18.0 Å². The van der Waals surface area contributed by atoms with Crippen LogP contribution in [0.25, 0.3) is 5.65 Å². The lowest BCUT2D eigenvalue weighted by Crippen LogP contribution is -2.42. The molecule has 24 heavy (non-hydrogen) atoms. The molecule has 0 spiro atoms. The van der Waals surface area contributed by atoms with E-state index in [0.717, 1.165) is 12.0 Å². The number of aromatic nitrogens is 2. The first-order valence-electron chi connectivity index (χ1n) is 8.19. The normalized spacial score (nSPS) is 13.9. The molecule has 0 saturated carbocycles. The third-order valence-electron chi connectivity index (χ3n) is 4.06. The monoisotopic (exact) mass is 331 g/mol. The van der Waals surface area contributed by atoms with Crippen LogP contribution in [0, 0.1) is 12.8 Å². The molecule has 2 aromatic heterocycles. The molecule has 6 nitrogen and oxygen atoms in total. The number of hydrogen-bond donors (Lipinski definition) is 2. The summed E-state index contributed by atoms with van der Waals surface area (Å²) in [4.78, 5) is 29.0. The van der Waals surface area contributed by atoms with Gasteiger partial charge in [0, 0.05) is 18.9 Å². The van der Waals surface area contributed by atoms with Gasteiger partial charge >= 0.3 is 0 Å². The van der Waals surface area contributed by atoms with Crippen LogP contribution in [-0.4, -0.2) is 32.5 Å².